The first kappa shape index (κ1) is 16.4. The van der Waals surface area contributed by atoms with Crippen LogP contribution in [0.2, 0.25) is 0 Å². The van der Waals surface area contributed by atoms with Crippen molar-refractivity contribution in [1.82, 2.24) is 8.97 Å². The van der Waals surface area contributed by atoms with Crippen LogP contribution < -0.4 is 11.3 Å². The quantitative estimate of drug-likeness (QED) is 0.753. The summed E-state index contributed by atoms with van der Waals surface area (Å²) < 4.78 is 17.7. The monoisotopic (exact) mass is 355 g/mol. The Morgan fingerprint density at radius 1 is 1.38 bits per heavy atom. The molecule has 0 amide bonds. The number of nitrogens with two attached hydrogens (primary N) is 1. The number of carbonyl (C=O) groups is 1. The topological polar surface area (TPSA) is 89.7 Å². The molecule has 3 heterocycles. The molecule has 1 fully saturated rings. The molecule has 0 saturated heterocycles. The zero-order chi connectivity index (χ0) is 18.6. The molecule has 0 bridgehead atoms. The lowest BCUT2D eigenvalue weighted by atomic mass is 10.00. The molecule has 4 rings (SSSR count). The third kappa shape index (κ3) is 2.39. The molecule has 3 aromatic heterocycles. The van der Waals surface area contributed by atoms with Gasteiger partial charge in [-0.25, -0.2) is 9.18 Å². The zero-order valence-corrected chi connectivity index (χ0v) is 14.2. The van der Waals surface area contributed by atoms with Crippen molar-refractivity contribution in [2.75, 3.05) is 5.73 Å². The Kier molecular flexibility index (Phi) is 3.61. The Hall–Kier alpha value is -3.09. The minimum atomic E-state index is -1.30. The highest BCUT2D eigenvalue weighted by atomic mass is 19.1. The van der Waals surface area contributed by atoms with Gasteiger partial charge in [0.1, 0.15) is 5.56 Å². The van der Waals surface area contributed by atoms with E-state index in [0.29, 0.717) is 28.9 Å². The summed E-state index contributed by atoms with van der Waals surface area (Å²) in [6, 6.07) is 3.13. The lowest BCUT2D eigenvalue weighted by Gasteiger charge is -2.18. The zero-order valence-electron chi connectivity index (χ0n) is 14.2. The van der Waals surface area contributed by atoms with Crippen molar-refractivity contribution in [1.29, 1.82) is 0 Å². The van der Waals surface area contributed by atoms with Gasteiger partial charge in [0.2, 0.25) is 0 Å². The summed E-state index contributed by atoms with van der Waals surface area (Å²) in [5, 5.41) is 9.36. The maximum absolute atomic E-state index is 15.0. The van der Waals surface area contributed by atoms with E-state index in [1.165, 1.54) is 6.07 Å². The molecule has 0 aliphatic heterocycles. The number of carboxylic acid groups (broad SMARTS) is 1. The summed E-state index contributed by atoms with van der Waals surface area (Å²) in [6.45, 7) is 1.89. The van der Waals surface area contributed by atoms with Gasteiger partial charge in [0.15, 0.2) is 5.82 Å². The first-order valence-corrected chi connectivity index (χ1v) is 8.50. The molecule has 7 heteroatoms. The highest BCUT2D eigenvalue weighted by Gasteiger charge is 2.30. The number of fused-ring (bicyclic) bond motifs is 1. The van der Waals surface area contributed by atoms with Crippen molar-refractivity contribution < 1.29 is 14.3 Å². The van der Waals surface area contributed by atoms with E-state index >= 15 is 0 Å². The van der Waals surface area contributed by atoms with Gasteiger partial charge >= 0.3 is 5.97 Å². The van der Waals surface area contributed by atoms with Crippen LogP contribution in [0.5, 0.6) is 0 Å². The smallest absolute Gasteiger partial charge is 0.341 e. The molecule has 0 atom stereocenters. The van der Waals surface area contributed by atoms with Gasteiger partial charge in [0.25, 0.3) is 5.56 Å². The number of carboxylic acids is 1. The van der Waals surface area contributed by atoms with Gasteiger partial charge in [-0.1, -0.05) is 6.92 Å². The number of hydrogen-bond acceptors (Lipinski definition) is 3. The Balaban J connectivity index is 2.16. The van der Waals surface area contributed by atoms with Crippen LogP contribution in [0.25, 0.3) is 11.2 Å². The Bertz CT molecular complexity index is 1110. The van der Waals surface area contributed by atoms with E-state index in [0.717, 1.165) is 29.0 Å². The van der Waals surface area contributed by atoms with Crippen molar-refractivity contribution in [3.05, 3.63) is 63.6 Å². The van der Waals surface area contributed by atoms with Crippen LogP contribution in [-0.4, -0.2) is 20.0 Å². The average Bonchev–Trinajstić information content (AvgIpc) is 3.35. The predicted octanol–water partition coefficient (Wildman–Crippen LogP) is 2.95. The molecule has 0 aromatic carbocycles. The molecule has 3 aromatic rings. The predicted molar refractivity (Wildman–Crippen MR) is 95.7 cm³/mol. The van der Waals surface area contributed by atoms with Gasteiger partial charge in [0, 0.05) is 23.6 Å². The van der Waals surface area contributed by atoms with Gasteiger partial charge in [-0.15, -0.1) is 0 Å². The summed E-state index contributed by atoms with van der Waals surface area (Å²) >= 11 is 0. The van der Waals surface area contributed by atoms with Crippen LogP contribution in [0.4, 0.5) is 10.1 Å². The van der Waals surface area contributed by atoms with E-state index in [9.17, 15) is 19.1 Å². The molecular formula is C19H18FN3O3. The van der Waals surface area contributed by atoms with E-state index in [2.05, 4.69) is 0 Å². The van der Waals surface area contributed by atoms with Gasteiger partial charge < -0.3 is 15.4 Å². The first-order chi connectivity index (χ1) is 12.4. The van der Waals surface area contributed by atoms with Crippen molar-refractivity contribution in [3.63, 3.8) is 0 Å². The number of nitrogen functional groups attached to an aromatic ring is 1. The second-order valence-corrected chi connectivity index (χ2v) is 6.63. The maximum atomic E-state index is 15.0. The third-order valence-corrected chi connectivity index (χ3v) is 4.88. The highest BCUT2D eigenvalue weighted by molar-refractivity contribution is 5.89. The number of aryl methyl sites for hydroxylation is 1. The average molecular weight is 355 g/mol. The van der Waals surface area contributed by atoms with Crippen LogP contribution in [0.3, 0.4) is 0 Å². The molecule has 1 aliphatic carbocycles. The molecule has 1 aliphatic rings. The molecule has 26 heavy (non-hydrogen) atoms. The Labute approximate surface area is 148 Å². The van der Waals surface area contributed by atoms with Gasteiger partial charge in [-0.05, 0) is 42.9 Å². The molecular weight excluding hydrogens is 337 g/mol. The fourth-order valence-corrected chi connectivity index (χ4v) is 3.55. The second kappa shape index (κ2) is 5.72. The molecule has 1 saturated carbocycles. The fourth-order valence-electron chi connectivity index (χ4n) is 3.55. The molecule has 3 N–H and O–H groups in total. The van der Waals surface area contributed by atoms with Crippen molar-refractivity contribution >= 4 is 17.2 Å². The third-order valence-electron chi connectivity index (χ3n) is 4.88. The number of hydrogen-bond donors (Lipinski definition) is 2. The van der Waals surface area contributed by atoms with Crippen molar-refractivity contribution in [2.24, 2.45) is 0 Å². The van der Waals surface area contributed by atoms with Crippen LogP contribution in [0.1, 0.15) is 47.2 Å². The number of nitrogens with zero attached hydrogens (tertiary/aromatic N) is 2. The van der Waals surface area contributed by atoms with E-state index in [1.807, 2.05) is 6.92 Å². The van der Waals surface area contributed by atoms with E-state index in [4.69, 9.17) is 5.73 Å². The lowest BCUT2D eigenvalue weighted by molar-refractivity contribution is 0.0694. The van der Waals surface area contributed by atoms with Crippen LogP contribution >= 0.6 is 0 Å². The van der Waals surface area contributed by atoms with E-state index in [1.54, 1.807) is 23.0 Å². The number of rotatable bonds is 4. The van der Waals surface area contributed by atoms with Crippen molar-refractivity contribution in [3.8, 4) is 5.69 Å². The summed E-state index contributed by atoms with van der Waals surface area (Å²) in [4.78, 5) is 24.1. The van der Waals surface area contributed by atoms with Gasteiger partial charge in [-0.3, -0.25) is 9.20 Å². The number of aromatic carboxylic acids is 1. The normalized spacial score (nSPS) is 14.1. The summed E-state index contributed by atoms with van der Waals surface area (Å²) in [5.74, 6) is -1.70. The number of anilines is 1. The standard InChI is InChI=1S/C19H18FN3O3/c1-2-12-16-13(10-3-4-10)7-14(19(25)26)18(24)23(16)9-15(20)17(12)22-6-5-11(21)8-22/h5-10H,2-4,21H2,1H3,(H,25,26). The molecule has 0 radical (unpaired) electrons. The lowest BCUT2D eigenvalue weighted by Crippen LogP contribution is -2.25. The molecule has 0 spiro atoms. The maximum Gasteiger partial charge on any atom is 0.341 e. The van der Waals surface area contributed by atoms with Gasteiger partial charge in [-0.2, -0.15) is 0 Å². The van der Waals surface area contributed by atoms with E-state index < -0.39 is 17.3 Å². The SMILES string of the molecule is CCc1c(-n2ccc(N)c2)c(F)cn2c(=O)c(C(=O)O)cc(C3CC3)c12. The largest absolute Gasteiger partial charge is 0.477 e. The Morgan fingerprint density at radius 2 is 2.12 bits per heavy atom. The van der Waals surface area contributed by atoms with Crippen LogP contribution in [-0.2, 0) is 6.42 Å². The fraction of sp³-hybridized carbons (Fsp3) is 0.263. The number of pyridine rings is 2. The molecule has 6 nitrogen and oxygen atoms in total. The van der Waals surface area contributed by atoms with Crippen LogP contribution in [0.15, 0.2) is 35.5 Å². The highest BCUT2D eigenvalue weighted by Crippen LogP contribution is 2.43. The minimum Gasteiger partial charge on any atom is -0.477 e. The summed E-state index contributed by atoms with van der Waals surface area (Å²) in [6.07, 6.45) is 6.72. The second-order valence-electron chi connectivity index (χ2n) is 6.63. The minimum absolute atomic E-state index is 0.196. The summed E-state index contributed by atoms with van der Waals surface area (Å²) in [7, 11) is 0. The van der Waals surface area contributed by atoms with Gasteiger partial charge in [0.05, 0.1) is 17.4 Å². The first-order valence-electron chi connectivity index (χ1n) is 8.50. The number of halogens is 1. The number of aromatic nitrogens is 2. The van der Waals surface area contributed by atoms with Crippen molar-refractivity contribution in [2.45, 2.75) is 32.1 Å². The molecule has 134 valence electrons. The van der Waals surface area contributed by atoms with E-state index in [-0.39, 0.29) is 11.5 Å². The Morgan fingerprint density at radius 3 is 2.65 bits per heavy atom. The molecule has 0 unspecified atom stereocenters. The summed E-state index contributed by atoms with van der Waals surface area (Å²) in [5.41, 5.74) is 7.63. The van der Waals surface area contributed by atoms with Crippen LogP contribution in [0, 0.1) is 5.82 Å².